The van der Waals surface area contributed by atoms with Crippen LogP contribution in [0.3, 0.4) is 0 Å². The quantitative estimate of drug-likeness (QED) is 0.128. The maximum atomic E-state index is 8.28. The number of pyridine rings is 1. The normalized spacial score (nSPS) is 15.6. The summed E-state index contributed by atoms with van der Waals surface area (Å²) < 4.78 is 36.1. The summed E-state index contributed by atoms with van der Waals surface area (Å²) in [5.41, 5.74) is 8.45. The molecule has 53 heavy (non-hydrogen) atoms. The number of aromatic nitrogens is 3. The molecule has 8 heteroatoms. The van der Waals surface area contributed by atoms with E-state index < -0.39 is 15.0 Å². The average molecular weight is 883 g/mol. The van der Waals surface area contributed by atoms with E-state index in [1.54, 1.807) is 6.67 Å². The van der Waals surface area contributed by atoms with Gasteiger partial charge in [-0.1, -0.05) is 91.0 Å². The summed E-state index contributed by atoms with van der Waals surface area (Å²) >= 11 is 0. The monoisotopic (exact) mass is 882 g/mol. The van der Waals surface area contributed by atoms with Crippen molar-refractivity contribution in [3.63, 3.8) is 0 Å². The summed E-state index contributed by atoms with van der Waals surface area (Å²) in [7, 11) is -2.21. The van der Waals surface area contributed by atoms with Gasteiger partial charge in [-0.3, -0.25) is 0 Å². The standard InChI is InChI=1S/C45H30N5OSi.Pt/c1-47-26-48-39-25-28(20-22-40(39)52(2,3)41-18-8-16-36(47)44(41)48)51-27-19-21-30-32-12-7-14-34-33-13-6-11-31-29-10-4-5-15-35(29)49(42(31)33)37-17-9-23-46-45(37)50(43(32)34)38(30)24-27;/h4-23,26H,1-3H3;/q-3;/i1D3;. The Balaban J connectivity index is 0.00000363. The second-order valence-electron chi connectivity index (χ2n) is 14.4. The van der Waals surface area contributed by atoms with Crippen molar-refractivity contribution >= 4 is 101 Å². The molecule has 2 aliphatic heterocycles. The fourth-order valence-corrected chi connectivity index (χ4v) is 12.0. The van der Waals surface area contributed by atoms with Crippen molar-refractivity contribution in [2.24, 2.45) is 0 Å². The van der Waals surface area contributed by atoms with Crippen LogP contribution in [0.2, 0.25) is 13.1 Å². The van der Waals surface area contributed by atoms with E-state index in [1.807, 2.05) is 41.4 Å². The number of hydrogen-bond acceptors (Lipinski definition) is 4. The molecule has 0 bridgehead atoms. The molecule has 0 radical (unpaired) electrons. The van der Waals surface area contributed by atoms with Crippen LogP contribution in [0.4, 0.5) is 17.1 Å². The Morgan fingerprint density at radius 1 is 0.660 bits per heavy atom. The third-order valence-electron chi connectivity index (χ3n) is 11.3. The summed E-state index contributed by atoms with van der Waals surface area (Å²) in [6, 6.07) is 47.2. The molecule has 6 aromatic carbocycles. The van der Waals surface area contributed by atoms with Gasteiger partial charge in [0.15, 0.2) is 5.65 Å². The smallest absolute Gasteiger partial charge is 0.160 e. The maximum absolute atomic E-state index is 8.28. The molecule has 6 heterocycles. The van der Waals surface area contributed by atoms with Crippen molar-refractivity contribution in [3.05, 3.63) is 140 Å². The van der Waals surface area contributed by atoms with Gasteiger partial charge < -0.3 is 23.3 Å². The van der Waals surface area contributed by atoms with E-state index in [1.165, 1.54) is 26.0 Å². The van der Waals surface area contributed by atoms with Gasteiger partial charge in [0.05, 0.1) is 24.6 Å². The average Bonchev–Trinajstić information content (AvgIpc) is 3.85. The van der Waals surface area contributed by atoms with Crippen molar-refractivity contribution in [1.29, 1.82) is 0 Å². The Morgan fingerprint density at radius 3 is 2.17 bits per heavy atom. The van der Waals surface area contributed by atoms with E-state index in [-0.39, 0.29) is 21.1 Å². The van der Waals surface area contributed by atoms with E-state index >= 15 is 0 Å². The van der Waals surface area contributed by atoms with Gasteiger partial charge in [0.2, 0.25) is 0 Å². The zero-order valence-electron chi connectivity index (χ0n) is 31.6. The molecule has 6 nitrogen and oxygen atoms in total. The van der Waals surface area contributed by atoms with Crippen LogP contribution >= 0.6 is 0 Å². The number of rotatable bonds is 2. The van der Waals surface area contributed by atoms with Crippen LogP contribution in [-0.4, -0.2) is 28.8 Å². The molecule has 12 rings (SSSR count). The number of benzene rings is 6. The fraction of sp³-hybridized carbons (Fsp3) is 0.0667. The molecule has 2 aliphatic rings. The molecule has 0 saturated heterocycles. The summed E-state index contributed by atoms with van der Waals surface area (Å²) in [6.07, 6.45) is 1.86. The van der Waals surface area contributed by atoms with Crippen LogP contribution in [0.1, 0.15) is 4.11 Å². The Labute approximate surface area is 324 Å². The van der Waals surface area contributed by atoms with Crippen LogP contribution in [0, 0.1) is 18.8 Å². The molecule has 0 unspecified atom stereocenters. The van der Waals surface area contributed by atoms with E-state index in [2.05, 4.69) is 119 Å². The fourth-order valence-electron chi connectivity index (χ4n) is 9.05. The second-order valence-corrected chi connectivity index (χ2v) is 18.7. The molecule has 0 saturated carbocycles. The Morgan fingerprint density at radius 2 is 1.34 bits per heavy atom. The minimum atomic E-state index is -2.33. The van der Waals surface area contributed by atoms with Crippen LogP contribution in [0.15, 0.2) is 121 Å². The zero-order valence-corrected chi connectivity index (χ0v) is 31.9. The van der Waals surface area contributed by atoms with Crippen LogP contribution in [-0.2, 0) is 21.1 Å². The van der Waals surface area contributed by atoms with Gasteiger partial charge in [0, 0.05) is 81.3 Å². The molecular formula is C45H30N5OPtSi-3. The summed E-state index contributed by atoms with van der Waals surface area (Å²) in [6.45, 7) is 3.97. The van der Waals surface area contributed by atoms with Gasteiger partial charge in [-0.2, -0.15) is 18.8 Å². The third kappa shape index (κ3) is 3.93. The first-order valence-electron chi connectivity index (χ1n) is 19.0. The predicted octanol–water partition coefficient (Wildman–Crippen LogP) is 9.59. The van der Waals surface area contributed by atoms with Gasteiger partial charge in [-0.05, 0) is 41.8 Å². The molecule has 0 aliphatic carbocycles. The van der Waals surface area contributed by atoms with E-state index in [0.717, 1.165) is 66.2 Å². The summed E-state index contributed by atoms with van der Waals surface area (Å²) in [5, 5.41) is 9.21. The van der Waals surface area contributed by atoms with Crippen LogP contribution in [0.25, 0.3) is 65.5 Å². The van der Waals surface area contributed by atoms with Gasteiger partial charge in [0.1, 0.15) is 0 Å². The minimum absolute atomic E-state index is 0. The maximum Gasteiger partial charge on any atom is 0.160 e. The van der Waals surface area contributed by atoms with Crippen molar-refractivity contribution in [1.82, 2.24) is 13.8 Å². The number of anilines is 3. The predicted molar refractivity (Wildman–Crippen MR) is 216 cm³/mol. The topological polar surface area (TPSA) is 37.4 Å². The summed E-state index contributed by atoms with van der Waals surface area (Å²) in [4.78, 5) is 8.45. The zero-order chi connectivity index (χ0) is 37.0. The Kier molecular flexibility index (Phi) is 5.65. The molecule has 0 spiro atoms. The number of hydrogen-bond donors (Lipinski definition) is 0. The molecule has 0 atom stereocenters. The molecule has 258 valence electrons. The van der Waals surface area contributed by atoms with E-state index in [9.17, 15) is 0 Å². The van der Waals surface area contributed by atoms with E-state index in [0.29, 0.717) is 17.2 Å². The molecule has 4 aromatic heterocycles. The van der Waals surface area contributed by atoms with Crippen molar-refractivity contribution in [2.45, 2.75) is 13.1 Å². The largest absolute Gasteiger partial charge is 0.509 e. The number of para-hydroxylation sites is 4. The van der Waals surface area contributed by atoms with Gasteiger partial charge in [-0.25, -0.2) is 4.98 Å². The van der Waals surface area contributed by atoms with Crippen LogP contribution < -0.4 is 24.9 Å². The number of ether oxygens (including phenoxy) is 1. The van der Waals surface area contributed by atoms with Crippen molar-refractivity contribution < 1.29 is 29.9 Å². The molecule has 0 fully saturated rings. The van der Waals surface area contributed by atoms with Crippen LogP contribution in [0.5, 0.6) is 11.5 Å². The third-order valence-corrected chi connectivity index (χ3v) is 14.8. The second kappa shape index (κ2) is 10.7. The van der Waals surface area contributed by atoms with Crippen molar-refractivity contribution in [2.75, 3.05) is 16.8 Å². The first kappa shape index (κ1) is 28.0. The number of nitrogens with zero attached hydrogens (tertiary/aromatic N) is 5. The first-order valence-corrected chi connectivity index (χ1v) is 20.5. The van der Waals surface area contributed by atoms with Gasteiger partial charge in [0.25, 0.3) is 0 Å². The van der Waals surface area contributed by atoms with E-state index in [4.69, 9.17) is 13.8 Å². The molecule has 0 N–H and O–H groups in total. The number of fused-ring (bicyclic) bond motifs is 12. The first-order chi connectivity index (χ1) is 26.7. The molecule has 0 amide bonds. The summed E-state index contributed by atoms with van der Waals surface area (Å²) in [5.74, 6) is 1.07. The van der Waals surface area contributed by atoms with Gasteiger partial charge in [-0.15, -0.1) is 34.8 Å². The molecule has 10 aromatic rings. The Hall–Kier alpha value is -5.62. The minimum Gasteiger partial charge on any atom is -0.509 e. The molecular weight excluding hydrogens is 850 g/mol. The van der Waals surface area contributed by atoms with Crippen molar-refractivity contribution in [3.8, 4) is 11.5 Å². The van der Waals surface area contributed by atoms with Gasteiger partial charge >= 0.3 is 0 Å². The SMILES string of the molecule is [2H]C([2H])([2H])N1[CH-]N2c3[c-]c(Oc4[c-]c5c(cc4)c4cccc6c7cccc8c9ccccc9n(c9cccnc9n5c46)c87)ccc3[Si](C)(C)c3cccc1c32.[Pt]. The Bertz CT molecular complexity index is 3340.